The Labute approximate surface area is 126 Å². The van der Waals surface area contributed by atoms with E-state index in [1.807, 2.05) is 49.4 Å². The van der Waals surface area contributed by atoms with Gasteiger partial charge in [-0.2, -0.15) is 0 Å². The topological polar surface area (TPSA) is 44.5 Å². The minimum atomic E-state index is 0.129. The summed E-state index contributed by atoms with van der Waals surface area (Å²) in [4.78, 5) is 0. The third-order valence-electron chi connectivity index (χ3n) is 2.90. The van der Waals surface area contributed by atoms with Crippen LogP contribution in [0, 0.1) is 12.3 Å². The molecule has 2 aromatic carbocycles. The Morgan fingerprint density at radius 2 is 1.71 bits per heavy atom. The van der Waals surface area contributed by atoms with Crippen LogP contribution in [0.3, 0.4) is 0 Å². The second-order valence-corrected chi connectivity index (χ2v) is 6.45. The molecule has 2 N–H and O–H groups in total. The predicted molar refractivity (Wildman–Crippen MR) is 87.1 cm³/mol. The Balaban J connectivity index is 2.10. The molecular weight excluding hydrogens is 262 g/mol. The summed E-state index contributed by atoms with van der Waals surface area (Å²) in [7, 11) is 0. The lowest BCUT2D eigenvalue weighted by molar-refractivity contribution is 0.197. The monoisotopic (exact) mass is 285 g/mol. The molecule has 0 radical (unpaired) electrons. The summed E-state index contributed by atoms with van der Waals surface area (Å²) in [6.07, 6.45) is 0. The number of benzene rings is 2. The van der Waals surface area contributed by atoms with Crippen LogP contribution in [0.15, 0.2) is 42.5 Å². The van der Waals surface area contributed by atoms with Crippen molar-refractivity contribution in [2.45, 2.75) is 27.7 Å². The summed E-state index contributed by atoms with van der Waals surface area (Å²) < 4.78 is 11.7. The van der Waals surface area contributed by atoms with Crippen LogP contribution >= 0.6 is 0 Å². The van der Waals surface area contributed by atoms with E-state index in [0.717, 1.165) is 28.5 Å². The maximum atomic E-state index is 5.90. The summed E-state index contributed by atoms with van der Waals surface area (Å²) in [5.74, 6) is 2.38. The van der Waals surface area contributed by atoms with Crippen molar-refractivity contribution in [1.29, 1.82) is 0 Å². The molecule has 0 aliphatic carbocycles. The lowest BCUT2D eigenvalue weighted by Gasteiger charge is -2.19. The highest BCUT2D eigenvalue weighted by molar-refractivity contribution is 5.48. The molecule has 0 atom stereocenters. The minimum Gasteiger partial charge on any atom is -0.493 e. The number of aryl methyl sites for hydroxylation is 1. The molecule has 0 heterocycles. The fourth-order valence-corrected chi connectivity index (χ4v) is 1.84. The first-order valence-corrected chi connectivity index (χ1v) is 7.10. The largest absolute Gasteiger partial charge is 0.493 e. The molecule has 0 saturated carbocycles. The van der Waals surface area contributed by atoms with Crippen LogP contribution < -0.4 is 15.2 Å². The van der Waals surface area contributed by atoms with E-state index >= 15 is 0 Å². The lowest BCUT2D eigenvalue weighted by Crippen LogP contribution is -2.16. The van der Waals surface area contributed by atoms with Crippen LogP contribution in [0.2, 0.25) is 0 Å². The number of rotatable bonds is 4. The molecule has 0 amide bonds. The van der Waals surface area contributed by atoms with Crippen LogP contribution in [0.5, 0.6) is 17.2 Å². The van der Waals surface area contributed by atoms with Crippen molar-refractivity contribution in [3.8, 4) is 17.2 Å². The molecule has 0 aliphatic heterocycles. The Bertz CT molecular complexity index is 615. The van der Waals surface area contributed by atoms with E-state index in [2.05, 4.69) is 20.8 Å². The summed E-state index contributed by atoms with van der Waals surface area (Å²) >= 11 is 0. The first kappa shape index (κ1) is 15.2. The summed E-state index contributed by atoms with van der Waals surface area (Å²) in [5.41, 5.74) is 7.63. The maximum absolute atomic E-state index is 5.90. The van der Waals surface area contributed by atoms with Gasteiger partial charge in [-0.3, -0.25) is 0 Å². The van der Waals surface area contributed by atoms with Crippen molar-refractivity contribution in [2.24, 2.45) is 5.41 Å². The molecule has 3 heteroatoms. The number of anilines is 1. The SMILES string of the molecule is Cc1cc(N)ccc1Oc1cccc(OCC(C)(C)C)c1. The molecule has 0 unspecified atom stereocenters. The van der Waals surface area contributed by atoms with Gasteiger partial charge in [0.25, 0.3) is 0 Å². The van der Waals surface area contributed by atoms with Crippen molar-refractivity contribution in [2.75, 3.05) is 12.3 Å². The molecule has 0 aliphatic rings. The quantitative estimate of drug-likeness (QED) is 0.821. The molecule has 0 fully saturated rings. The number of hydrogen-bond donors (Lipinski definition) is 1. The zero-order valence-electron chi connectivity index (χ0n) is 13.1. The zero-order valence-corrected chi connectivity index (χ0v) is 13.1. The zero-order chi connectivity index (χ0) is 15.5. The van der Waals surface area contributed by atoms with E-state index in [-0.39, 0.29) is 5.41 Å². The van der Waals surface area contributed by atoms with Gasteiger partial charge >= 0.3 is 0 Å². The van der Waals surface area contributed by atoms with Crippen LogP contribution in [-0.4, -0.2) is 6.61 Å². The third kappa shape index (κ3) is 4.71. The first-order chi connectivity index (χ1) is 9.83. The summed E-state index contributed by atoms with van der Waals surface area (Å²) in [5, 5.41) is 0. The van der Waals surface area contributed by atoms with Crippen molar-refractivity contribution >= 4 is 5.69 Å². The summed E-state index contributed by atoms with van der Waals surface area (Å²) in [6, 6.07) is 13.3. The summed E-state index contributed by atoms with van der Waals surface area (Å²) in [6.45, 7) is 9.07. The lowest BCUT2D eigenvalue weighted by atomic mass is 9.99. The van der Waals surface area contributed by atoms with Gasteiger partial charge in [0, 0.05) is 11.8 Å². The molecule has 0 spiro atoms. The van der Waals surface area contributed by atoms with E-state index in [1.165, 1.54) is 0 Å². The number of nitrogens with two attached hydrogens (primary N) is 1. The first-order valence-electron chi connectivity index (χ1n) is 7.10. The molecule has 0 saturated heterocycles. The molecule has 112 valence electrons. The highest BCUT2D eigenvalue weighted by atomic mass is 16.5. The molecular formula is C18H23NO2. The Kier molecular flexibility index (Phi) is 4.41. The Hall–Kier alpha value is -2.16. The van der Waals surface area contributed by atoms with Gasteiger partial charge in [-0.05, 0) is 48.2 Å². The van der Waals surface area contributed by atoms with Gasteiger partial charge in [-0.25, -0.2) is 0 Å². The van der Waals surface area contributed by atoms with Gasteiger partial charge in [-0.15, -0.1) is 0 Å². The number of hydrogen-bond acceptors (Lipinski definition) is 3. The van der Waals surface area contributed by atoms with Gasteiger partial charge in [0.05, 0.1) is 6.61 Å². The predicted octanol–water partition coefficient (Wildman–Crippen LogP) is 4.79. The van der Waals surface area contributed by atoms with Crippen molar-refractivity contribution in [3.63, 3.8) is 0 Å². The third-order valence-corrected chi connectivity index (χ3v) is 2.90. The van der Waals surface area contributed by atoms with E-state index in [9.17, 15) is 0 Å². The minimum absolute atomic E-state index is 0.129. The van der Waals surface area contributed by atoms with E-state index in [0.29, 0.717) is 6.61 Å². The van der Waals surface area contributed by atoms with Gasteiger partial charge in [0.15, 0.2) is 0 Å². The maximum Gasteiger partial charge on any atom is 0.131 e. The van der Waals surface area contributed by atoms with Gasteiger partial charge in [0.2, 0.25) is 0 Å². The Morgan fingerprint density at radius 3 is 2.38 bits per heavy atom. The number of ether oxygens (including phenoxy) is 2. The van der Waals surface area contributed by atoms with E-state index in [4.69, 9.17) is 15.2 Å². The smallest absolute Gasteiger partial charge is 0.131 e. The average Bonchev–Trinajstić information content (AvgIpc) is 2.39. The van der Waals surface area contributed by atoms with Crippen molar-refractivity contribution < 1.29 is 9.47 Å². The van der Waals surface area contributed by atoms with Gasteiger partial charge in [0.1, 0.15) is 17.2 Å². The average molecular weight is 285 g/mol. The van der Waals surface area contributed by atoms with Crippen molar-refractivity contribution in [1.82, 2.24) is 0 Å². The highest BCUT2D eigenvalue weighted by Crippen LogP contribution is 2.29. The molecule has 0 bridgehead atoms. The fraction of sp³-hybridized carbons (Fsp3) is 0.333. The fourth-order valence-electron chi connectivity index (χ4n) is 1.84. The molecule has 21 heavy (non-hydrogen) atoms. The molecule has 0 aromatic heterocycles. The van der Waals surface area contributed by atoms with Crippen LogP contribution in [0.4, 0.5) is 5.69 Å². The van der Waals surface area contributed by atoms with Gasteiger partial charge < -0.3 is 15.2 Å². The van der Waals surface area contributed by atoms with Crippen molar-refractivity contribution in [3.05, 3.63) is 48.0 Å². The van der Waals surface area contributed by atoms with E-state index in [1.54, 1.807) is 0 Å². The second-order valence-electron chi connectivity index (χ2n) is 6.45. The molecule has 3 nitrogen and oxygen atoms in total. The van der Waals surface area contributed by atoms with Crippen LogP contribution in [-0.2, 0) is 0 Å². The molecule has 2 aromatic rings. The molecule has 2 rings (SSSR count). The Morgan fingerprint density at radius 1 is 1.00 bits per heavy atom. The normalized spacial score (nSPS) is 11.2. The van der Waals surface area contributed by atoms with E-state index < -0.39 is 0 Å². The standard InChI is InChI=1S/C18H23NO2/c1-13-10-14(19)8-9-17(13)21-16-7-5-6-15(11-16)20-12-18(2,3)4/h5-11H,12,19H2,1-4H3. The number of nitrogen functional groups attached to an aromatic ring is 1. The van der Waals surface area contributed by atoms with Gasteiger partial charge in [-0.1, -0.05) is 26.8 Å². The second kappa shape index (κ2) is 6.08. The van der Waals surface area contributed by atoms with Crippen LogP contribution in [0.25, 0.3) is 0 Å². The highest BCUT2D eigenvalue weighted by Gasteiger charge is 2.11. The van der Waals surface area contributed by atoms with Crippen LogP contribution in [0.1, 0.15) is 26.3 Å².